The molecule has 0 aliphatic carbocycles. The second-order valence-corrected chi connectivity index (χ2v) is 6.37. The minimum atomic E-state index is 0.509. The van der Waals surface area contributed by atoms with Gasteiger partial charge in [0.05, 0.1) is 6.54 Å². The molecule has 1 aliphatic heterocycles. The zero-order valence-electron chi connectivity index (χ0n) is 13.2. The maximum atomic E-state index is 6.07. The molecule has 1 aliphatic rings. The van der Waals surface area contributed by atoms with Crippen molar-refractivity contribution in [3.05, 3.63) is 35.6 Å². The molecule has 2 N–H and O–H groups in total. The fourth-order valence-corrected chi connectivity index (χ4v) is 3.69. The van der Waals surface area contributed by atoms with Crippen LogP contribution in [0.2, 0.25) is 0 Å². The van der Waals surface area contributed by atoms with Gasteiger partial charge in [-0.3, -0.25) is 4.90 Å². The number of nitrogens with two attached hydrogens (primary N) is 1. The summed E-state index contributed by atoms with van der Waals surface area (Å²) in [6.45, 7) is 8.43. The molecule has 0 amide bonds. The molecular formula is C18H26N2O. The molecular weight excluding hydrogens is 260 g/mol. The third kappa shape index (κ3) is 2.60. The lowest BCUT2D eigenvalue weighted by Gasteiger charge is -2.26. The second kappa shape index (κ2) is 5.82. The number of para-hydroxylation sites is 1. The predicted molar refractivity (Wildman–Crippen MR) is 87.0 cm³/mol. The van der Waals surface area contributed by atoms with Crippen molar-refractivity contribution in [3.8, 4) is 0 Å². The fraction of sp³-hybridized carbons (Fsp3) is 0.556. The molecule has 0 bridgehead atoms. The van der Waals surface area contributed by atoms with Crippen LogP contribution in [0.25, 0.3) is 11.0 Å². The van der Waals surface area contributed by atoms with E-state index >= 15 is 0 Å². The van der Waals surface area contributed by atoms with Gasteiger partial charge in [-0.2, -0.15) is 0 Å². The Morgan fingerprint density at radius 3 is 2.67 bits per heavy atom. The quantitative estimate of drug-likeness (QED) is 0.906. The Balaban J connectivity index is 1.83. The summed E-state index contributed by atoms with van der Waals surface area (Å²) in [5.74, 6) is 1.06. The van der Waals surface area contributed by atoms with Crippen molar-refractivity contribution < 1.29 is 4.42 Å². The van der Waals surface area contributed by atoms with E-state index in [1.807, 2.05) is 12.1 Å². The standard InChI is InChI=1S/C18H26N2O/c1-3-18(4-2)9-10-20(13-18)12-17-15(11-19)14-7-5-6-8-16(14)21-17/h5-8H,3-4,9-13,19H2,1-2H3. The highest BCUT2D eigenvalue weighted by Crippen LogP contribution is 2.38. The summed E-state index contributed by atoms with van der Waals surface area (Å²) in [6.07, 6.45) is 3.84. The molecule has 0 atom stereocenters. The smallest absolute Gasteiger partial charge is 0.134 e. The molecule has 1 fully saturated rings. The fourth-order valence-electron chi connectivity index (χ4n) is 3.69. The zero-order valence-corrected chi connectivity index (χ0v) is 13.2. The molecule has 3 nitrogen and oxygen atoms in total. The Morgan fingerprint density at radius 2 is 2.00 bits per heavy atom. The van der Waals surface area contributed by atoms with Gasteiger partial charge in [0.15, 0.2) is 0 Å². The molecule has 2 aromatic rings. The Morgan fingerprint density at radius 1 is 1.24 bits per heavy atom. The lowest BCUT2D eigenvalue weighted by atomic mass is 9.82. The summed E-state index contributed by atoms with van der Waals surface area (Å²) in [5.41, 5.74) is 8.61. The highest BCUT2D eigenvalue weighted by molar-refractivity contribution is 5.82. The van der Waals surface area contributed by atoms with Crippen LogP contribution in [0, 0.1) is 5.41 Å². The van der Waals surface area contributed by atoms with E-state index in [1.54, 1.807) is 0 Å². The second-order valence-electron chi connectivity index (χ2n) is 6.37. The van der Waals surface area contributed by atoms with Crippen molar-refractivity contribution >= 4 is 11.0 Å². The van der Waals surface area contributed by atoms with Crippen LogP contribution in [0.4, 0.5) is 0 Å². The van der Waals surface area contributed by atoms with Crippen molar-refractivity contribution in [2.24, 2.45) is 11.1 Å². The van der Waals surface area contributed by atoms with Gasteiger partial charge in [-0.05, 0) is 37.3 Å². The summed E-state index contributed by atoms with van der Waals surface area (Å²) < 4.78 is 6.07. The number of hydrogen-bond acceptors (Lipinski definition) is 3. The maximum absolute atomic E-state index is 6.07. The van der Waals surface area contributed by atoms with Crippen LogP contribution in [0.5, 0.6) is 0 Å². The normalized spacial score (nSPS) is 18.6. The van der Waals surface area contributed by atoms with Crippen LogP contribution < -0.4 is 5.73 Å². The topological polar surface area (TPSA) is 42.4 Å². The maximum Gasteiger partial charge on any atom is 0.134 e. The van der Waals surface area contributed by atoms with Gasteiger partial charge in [0.2, 0.25) is 0 Å². The molecule has 1 aromatic heterocycles. The first kappa shape index (κ1) is 14.6. The van der Waals surface area contributed by atoms with E-state index < -0.39 is 0 Å². The number of hydrogen-bond donors (Lipinski definition) is 1. The lowest BCUT2D eigenvalue weighted by molar-refractivity contribution is 0.226. The third-order valence-corrected chi connectivity index (χ3v) is 5.37. The minimum Gasteiger partial charge on any atom is -0.459 e. The summed E-state index contributed by atoms with van der Waals surface area (Å²) in [6, 6.07) is 8.21. The van der Waals surface area contributed by atoms with Crippen molar-refractivity contribution in [1.82, 2.24) is 4.90 Å². The van der Waals surface area contributed by atoms with E-state index in [1.165, 1.54) is 43.3 Å². The number of likely N-dealkylation sites (tertiary alicyclic amines) is 1. The molecule has 2 heterocycles. The monoisotopic (exact) mass is 286 g/mol. The Bertz CT molecular complexity index is 613. The molecule has 0 saturated carbocycles. The lowest BCUT2D eigenvalue weighted by Crippen LogP contribution is -2.26. The number of nitrogens with zero attached hydrogens (tertiary/aromatic N) is 1. The van der Waals surface area contributed by atoms with Crippen LogP contribution in [-0.4, -0.2) is 18.0 Å². The highest BCUT2D eigenvalue weighted by atomic mass is 16.3. The third-order valence-electron chi connectivity index (χ3n) is 5.37. The van der Waals surface area contributed by atoms with E-state index in [4.69, 9.17) is 10.2 Å². The van der Waals surface area contributed by atoms with Crippen LogP contribution in [0.15, 0.2) is 28.7 Å². The number of furan rings is 1. The first-order valence-corrected chi connectivity index (χ1v) is 8.13. The van der Waals surface area contributed by atoms with Crippen molar-refractivity contribution in [3.63, 3.8) is 0 Å². The molecule has 0 radical (unpaired) electrons. The first-order valence-electron chi connectivity index (χ1n) is 8.13. The van der Waals surface area contributed by atoms with E-state index in [2.05, 4.69) is 30.9 Å². The van der Waals surface area contributed by atoms with Gasteiger partial charge in [0.25, 0.3) is 0 Å². The number of fused-ring (bicyclic) bond motifs is 1. The van der Waals surface area contributed by atoms with E-state index in [9.17, 15) is 0 Å². The molecule has 1 saturated heterocycles. The van der Waals surface area contributed by atoms with Crippen molar-refractivity contribution in [1.29, 1.82) is 0 Å². The summed E-state index contributed by atoms with van der Waals surface area (Å²) in [4.78, 5) is 2.53. The molecule has 0 spiro atoms. The Kier molecular flexibility index (Phi) is 4.05. The van der Waals surface area contributed by atoms with Gasteiger partial charge in [-0.1, -0.05) is 32.0 Å². The van der Waals surface area contributed by atoms with E-state index in [-0.39, 0.29) is 0 Å². The molecule has 0 unspecified atom stereocenters. The number of benzene rings is 1. The number of rotatable bonds is 5. The zero-order chi connectivity index (χ0) is 14.9. The SMILES string of the molecule is CCC1(CC)CCN(Cc2oc3ccccc3c2CN)C1. The van der Waals surface area contributed by atoms with Crippen LogP contribution in [0.3, 0.4) is 0 Å². The van der Waals surface area contributed by atoms with Crippen LogP contribution >= 0.6 is 0 Å². The van der Waals surface area contributed by atoms with Crippen molar-refractivity contribution in [2.45, 2.75) is 46.2 Å². The highest BCUT2D eigenvalue weighted by Gasteiger charge is 2.35. The van der Waals surface area contributed by atoms with Gasteiger partial charge >= 0.3 is 0 Å². The minimum absolute atomic E-state index is 0.509. The summed E-state index contributed by atoms with van der Waals surface area (Å²) in [5, 5.41) is 1.17. The molecule has 3 heteroatoms. The van der Waals surface area contributed by atoms with Crippen LogP contribution in [0.1, 0.15) is 44.4 Å². The van der Waals surface area contributed by atoms with Gasteiger partial charge in [0, 0.05) is 24.0 Å². The molecule has 114 valence electrons. The van der Waals surface area contributed by atoms with Crippen molar-refractivity contribution in [2.75, 3.05) is 13.1 Å². The van der Waals surface area contributed by atoms with E-state index in [0.717, 1.165) is 17.9 Å². The summed E-state index contributed by atoms with van der Waals surface area (Å²) >= 11 is 0. The Hall–Kier alpha value is -1.32. The van der Waals surface area contributed by atoms with Gasteiger partial charge in [-0.15, -0.1) is 0 Å². The van der Waals surface area contributed by atoms with Gasteiger partial charge in [-0.25, -0.2) is 0 Å². The Labute approximate surface area is 127 Å². The van der Waals surface area contributed by atoms with E-state index in [0.29, 0.717) is 12.0 Å². The van der Waals surface area contributed by atoms with Gasteiger partial charge < -0.3 is 10.2 Å². The average molecular weight is 286 g/mol. The predicted octanol–water partition coefficient (Wildman–Crippen LogP) is 3.90. The van der Waals surface area contributed by atoms with Gasteiger partial charge in [0.1, 0.15) is 11.3 Å². The molecule has 3 rings (SSSR count). The van der Waals surface area contributed by atoms with Crippen LogP contribution in [-0.2, 0) is 13.1 Å². The summed E-state index contributed by atoms with van der Waals surface area (Å²) in [7, 11) is 0. The first-order chi connectivity index (χ1) is 10.2. The molecule has 21 heavy (non-hydrogen) atoms. The largest absolute Gasteiger partial charge is 0.459 e. The molecule has 1 aromatic carbocycles. The average Bonchev–Trinajstić information content (AvgIpc) is 3.08.